The van der Waals surface area contributed by atoms with Crippen molar-refractivity contribution in [2.75, 3.05) is 24.7 Å². The molecule has 8 nitrogen and oxygen atoms in total. The number of sulfone groups is 1. The van der Waals surface area contributed by atoms with Crippen LogP contribution in [0.4, 0.5) is 0 Å². The van der Waals surface area contributed by atoms with Crippen molar-refractivity contribution in [1.29, 1.82) is 0 Å². The zero-order chi connectivity index (χ0) is 23.8. The SMILES string of the molecule is Cc1cc(/C=C/C(=O)N(C[C@@H]2CCCO2)[C@H]2CCS(=O)(=O)C2)c(C)n1-c1ccnn1C(C)C. The third kappa shape index (κ3) is 5.09. The van der Waals surface area contributed by atoms with Crippen LogP contribution in [0.2, 0.25) is 0 Å². The number of carbonyl (C=O) groups is 1. The lowest BCUT2D eigenvalue weighted by molar-refractivity contribution is -0.129. The monoisotopic (exact) mass is 474 g/mol. The van der Waals surface area contributed by atoms with Crippen LogP contribution in [0, 0.1) is 13.8 Å². The molecule has 0 spiro atoms. The van der Waals surface area contributed by atoms with Crippen LogP contribution in [0.15, 0.2) is 24.4 Å². The molecule has 2 saturated heterocycles. The molecule has 0 aliphatic carbocycles. The van der Waals surface area contributed by atoms with Gasteiger partial charge in [-0.1, -0.05) is 0 Å². The number of hydrogen-bond donors (Lipinski definition) is 0. The summed E-state index contributed by atoms with van der Waals surface area (Å²) in [6.45, 7) is 9.39. The average molecular weight is 475 g/mol. The van der Waals surface area contributed by atoms with Gasteiger partial charge in [0.15, 0.2) is 9.84 Å². The molecule has 0 bridgehead atoms. The van der Waals surface area contributed by atoms with Gasteiger partial charge in [-0.3, -0.25) is 4.79 Å². The van der Waals surface area contributed by atoms with Crippen molar-refractivity contribution >= 4 is 21.8 Å². The van der Waals surface area contributed by atoms with E-state index < -0.39 is 9.84 Å². The van der Waals surface area contributed by atoms with Gasteiger partial charge in [0.25, 0.3) is 0 Å². The summed E-state index contributed by atoms with van der Waals surface area (Å²) in [6.07, 6.45) is 7.55. The number of nitrogens with zero attached hydrogens (tertiary/aromatic N) is 4. The van der Waals surface area contributed by atoms with Gasteiger partial charge < -0.3 is 14.2 Å². The molecule has 0 unspecified atom stereocenters. The number of amides is 1. The molecule has 180 valence electrons. The second kappa shape index (κ2) is 9.46. The Morgan fingerprint density at radius 3 is 2.76 bits per heavy atom. The van der Waals surface area contributed by atoms with Crippen molar-refractivity contribution in [2.45, 2.75) is 65.1 Å². The molecule has 2 aromatic rings. The highest BCUT2D eigenvalue weighted by molar-refractivity contribution is 7.91. The molecule has 2 atom stereocenters. The number of hydrogen-bond acceptors (Lipinski definition) is 5. The topological polar surface area (TPSA) is 86.4 Å². The summed E-state index contributed by atoms with van der Waals surface area (Å²) in [7, 11) is -3.09. The van der Waals surface area contributed by atoms with Crippen LogP contribution in [0.25, 0.3) is 11.9 Å². The Bertz CT molecular complexity index is 1140. The minimum absolute atomic E-state index is 0.0213. The average Bonchev–Trinajstić information content (AvgIpc) is 3.52. The number of aromatic nitrogens is 3. The summed E-state index contributed by atoms with van der Waals surface area (Å²) in [5, 5.41) is 4.44. The Kier molecular flexibility index (Phi) is 6.81. The predicted octanol–water partition coefficient (Wildman–Crippen LogP) is 3.08. The Hall–Kier alpha value is -2.39. The normalized spacial score (nSPS) is 22.6. The Labute approximate surface area is 196 Å². The summed E-state index contributed by atoms with van der Waals surface area (Å²) < 4.78 is 34.0. The Morgan fingerprint density at radius 1 is 1.33 bits per heavy atom. The second-order valence-corrected chi connectivity index (χ2v) is 11.6. The van der Waals surface area contributed by atoms with Crippen LogP contribution in [0.3, 0.4) is 0 Å². The van der Waals surface area contributed by atoms with Gasteiger partial charge in [0.2, 0.25) is 5.91 Å². The van der Waals surface area contributed by atoms with E-state index in [4.69, 9.17) is 4.74 Å². The van der Waals surface area contributed by atoms with Crippen LogP contribution < -0.4 is 0 Å². The van der Waals surface area contributed by atoms with Gasteiger partial charge in [0, 0.05) is 48.8 Å². The molecular formula is C24H34N4O4S. The Morgan fingerprint density at radius 2 is 2.12 bits per heavy atom. The second-order valence-electron chi connectivity index (χ2n) is 9.41. The van der Waals surface area contributed by atoms with E-state index in [2.05, 4.69) is 29.6 Å². The lowest BCUT2D eigenvalue weighted by Gasteiger charge is -2.29. The minimum atomic E-state index is -3.09. The van der Waals surface area contributed by atoms with Gasteiger partial charge in [-0.15, -0.1) is 0 Å². The quantitative estimate of drug-likeness (QED) is 0.576. The van der Waals surface area contributed by atoms with E-state index in [9.17, 15) is 13.2 Å². The lowest BCUT2D eigenvalue weighted by Crippen LogP contribution is -2.44. The van der Waals surface area contributed by atoms with E-state index in [1.807, 2.05) is 30.7 Å². The maximum Gasteiger partial charge on any atom is 0.246 e. The molecule has 33 heavy (non-hydrogen) atoms. The van der Waals surface area contributed by atoms with Crippen molar-refractivity contribution in [3.05, 3.63) is 41.4 Å². The fourth-order valence-electron chi connectivity index (χ4n) is 4.90. The van der Waals surface area contributed by atoms with Crippen molar-refractivity contribution in [2.24, 2.45) is 0 Å². The first-order valence-electron chi connectivity index (χ1n) is 11.7. The van der Waals surface area contributed by atoms with Crippen LogP contribution in [0.5, 0.6) is 0 Å². The zero-order valence-corrected chi connectivity index (χ0v) is 20.7. The van der Waals surface area contributed by atoms with Gasteiger partial charge in [0.05, 0.1) is 23.8 Å². The van der Waals surface area contributed by atoms with E-state index in [-0.39, 0.29) is 35.6 Å². The fraction of sp³-hybridized carbons (Fsp3) is 0.583. The summed E-state index contributed by atoms with van der Waals surface area (Å²) in [5.41, 5.74) is 3.03. The first-order valence-corrected chi connectivity index (χ1v) is 13.5. The minimum Gasteiger partial charge on any atom is -0.376 e. The molecule has 2 fully saturated rings. The predicted molar refractivity (Wildman–Crippen MR) is 128 cm³/mol. The standard InChI is InChI=1S/C24H34N4O4S/c1-17(2)28-23(9-11-25-28)27-18(3)14-20(19(27)4)7-8-24(29)26(15-22-6-5-12-32-22)21-10-13-33(30,31)16-21/h7-9,11,14,17,21-22H,5-6,10,12-13,15-16H2,1-4H3/b8-7+/t21-,22-/m0/s1. The molecule has 2 aliphatic rings. The summed E-state index contributed by atoms with van der Waals surface area (Å²) in [4.78, 5) is 15.0. The molecule has 0 aromatic carbocycles. The third-order valence-electron chi connectivity index (χ3n) is 6.60. The molecular weight excluding hydrogens is 440 g/mol. The smallest absolute Gasteiger partial charge is 0.246 e. The molecule has 2 aliphatic heterocycles. The first kappa shape index (κ1) is 23.8. The lowest BCUT2D eigenvalue weighted by atomic mass is 10.1. The summed E-state index contributed by atoms with van der Waals surface area (Å²) in [5.74, 6) is 1.00. The van der Waals surface area contributed by atoms with E-state index in [1.54, 1.807) is 17.2 Å². The summed E-state index contributed by atoms with van der Waals surface area (Å²) in [6, 6.07) is 3.99. The van der Waals surface area contributed by atoms with Crippen LogP contribution in [-0.4, -0.2) is 70.4 Å². The number of aryl methyl sites for hydroxylation is 1. The molecule has 1 amide bonds. The van der Waals surface area contributed by atoms with E-state index in [0.717, 1.165) is 35.6 Å². The fourth-order valence-corrected chi connectivity index (χ4v) is 6.63. The number of carbonyl (C=O) groups excluding carboxylic acids is 1. The van der Waals surface area contributed by atoms with Gasteiger partial charge in [-0.05, 0) is 64.7 Å². The number of rotatable bonds is 7. The zero-order valence-electron chi connectivity index (χ0n) is 19.9. The molecule has 2 aromatic heterocycles. The maximum absolute atomic E-state index is 13.2. The summed E-state index contributed by atoms with van der Waals surface area (Å²) >= 11 is 0. The number of ether oxygens (including phenoxy) is 1. The van der Waals surface area contributed by atoms with Gasteiger partial charge >= 0.3 is 0 Å². The molecule has 4 heterocycles. The largest absolute Gasteiger partial charge is 0.376 e. The Balaban J connectivity index is 1.57. The van der Waals surface area contributed by atoms with E-state index in [0.29, 0.717) is 19.6 Å². The highest BCUT2D eigenvalue weighted by atomic mass is 32.2. The highest BCUT2D eigenvalue weighted by Gasteiger charge is 2.35. The van der Waals surface area contributed by atoms with Crippen LogP contribution in [-0.2, 0) is 19.4 Å². The van der Waals surface area contributed by atoms with Crippen LogP contribution >= 0.6 is 0 Å². The molecule has 0 radical (unpaired) electrons. The van der Waals surface area contributed by atoms with Crippen molar-refractivity contribution < 1.29 is 17.9 Å². The first-order chi connectivity index (χ1) is 15.7. The third-order valence-corrected chi connectivity index (χ3v) is 8.35. The maximum atomic E-state index is 13.2. The highest BCUT2D eigenvalue weighted by Crippen LogP contribution is 2.25. The van der Waals surface area contributed by atoms with E-state index in [1.165, 1.54) is 0 Å². The molecule has 0 N–H and O–H groups in total. The molecule has 0 saturated carbocycles. The van der Waals surface area contributed by atoms with Crippen molar-refractivity contribution in [3.8, 4) is 5.82 Å². The van der Waals surface area contributed by atoms with Gasteiger partial charge in [-0.2, -0.15) is 5.10 Å². The van der Waals surface area contributed by atoms with E-state index >= 15 is 0 Å². The molecule has 4 rings (SSSR count). The van der Waals surface area contributed by atoms with Crippen molar-refractivity contribution in [1.82, 2.24) is 19.2 Å². The van der Waals surface area contributed by atoms with Crippen molar-refractivity contribution in [3.63, 3.8) is 0 Å². The van der Waals surface area contributed by atoms with Gasteiger partial charge in [-0.25, -0.2) is 13.1 Å². The van der Waals surface area contributed by atoms with Crippen LogP contribution in [0.1, 0.15) is 56.1 Å². The molecule has 9 heteroatoms. The van der Waals surface area contributed by atoms with Gasteiger partial charge in [0.1, 0.15) is 5.82 Å².